The minimum atomic E-state index is 0.00594. The number of imidazole rings is 1. The summed E-state index contributed by atoms with van der Waals surface area (Å²) in [5.74, 6) is 1.45. The minimum Gasteiger partial charge on any atom is -0.383 e. The van der Waals surface area contributed by atoms with Crippen molar-refractivity contribution >= 4 is 16.9 Å². The van der Waals surface area contributed by atoms with E-state index in [2.05, 4.69) is 28.7 Å². The molecule has 5 nitrogen and oxygen atoms in total. The van der Waals surface area contributed by atoms with E-state index in [9.17, 15) is 4.79 Å². The molecule has 0 saturated carbocycles. The van der Waals surface area contributed by atoms with Crippen molar-refractivity contribution in [2.75, 3.05) is 20.3 Å². The van der Waals surface area contributed by atoms with E-state index in [1.54, 1.807) is 7.11 Å². The highest BCUT2D eigenvalue weighted by Gasteiger charge is 2.12. The number of nitrogens with zero attached hydrogens (tertiary/aromatic N) is 2. The van der Waals surface area contributed by atoms with Crippen LogP contribution in [0.5, 0.6) is 0 Å². The summed E-state index contributed by atoms with van der Waals surface area (Å²) in [7, 11) is 3.65. The van der Waals surface area contributed by atoms with Crippen LogP contribution in [0.15, 0.2) is 18.2 Å². The lowest BCUT2D eigenvalue weighted by molar-refractivity contribution is -0.120. The Morgan fingerprint density at radius 3 is 2.86 bits per heavy atom. The summed E-state index contributed by atoms with van der Waals surface area (Å²) >= 11 is 0. The zero-order valence-corrected chi connectivity index (χ0v) is 13.1. The molecule has 0 atom stereocenters. The molecule has 0 aliphatic heterocycles. The van der Waals surface area contributed by atoms with E-state index >= 15 is 0 Å². The lowest BCUT2D eigenvalue weighted by atomic mass is 10.1. The van der Waals surface area contributed by atoms with Crippen LogP contribution < -0.4 is 5.32 Å². The van der Waals surface area contributed by atoms with Gasteiger partial charge in [-0.25, -0.2) is 4.98 Å². The normalized spacial score (nSPS) is 11.3. The number of hydrogen-bond acceptors (Lipinski definition) is 3. The van der Waals surface area contributed by atoms with Gasteiger partial charge in [-0.15, -0.1) is 0 Å². The monoisotopic (exact) mass is 289 g/mol. The van der Waals surface area contributed by atoms with Crippen LogP contribution in [0.2, 0.25) is 0 Å². The van der Waals surface area contributed by atoms with Gasteiger partial charge in [-0.2, -0.15) is 0 Å². The first kappa shape index (κ1) is 15.5. The molecule has 21 heavy (non-hydrogen) atoms. The van der Waals surface area contributed by atoms with Gasteiger partial charge in [-0.1, -0.05) is 19.9 Å². The maximum atomic E-state index is 11.8. The van der Waals surface area contributed by atoms with Crippen molar-refractivity contribution in [3.05, 3.63) is 29.6 Å². The molecule has 5 heteroatoms. The third kappa shape index (κ3) is 3.61. The summed E-state index contributed by atoms with van der Waals surface area (Å²) in [5, 5.41) is 2.83. The highest BCUT2D eigenvalue weighted by atomic mass is 16.5. The number of benzene rings is 1. The number of aryl methyl sites for hydroxylation is 1. The summed E-state index contributed by atoms with van der Waals surface area (Å²) in [6, 6.07) is 6.02. The third-order valence-corrected chi connectivity index (χ3v) is 3.49. The molecule has 1 amide bonds. The van der Waals surface area contributed by atoms with Gasteiger partial charge in [0.1, 0.15) is 5.82 Å². The second-order valence-electron chi connectivity index (χ2n) is 5.53. The molecular formula is C16H23N3O2. The van der Waals surface area contributed by atoms with Crippen molar-refractivity contribution in [2.45, 2.75) is 26.2 Å². The molecule has 0 aliphatic rings. The van der Waals surface area contributed by atoms with Crippen LogP contribution in [0.4, 0.5) is 0 Å². The average molecular weight is 289 g/mol. The van der Waals surface area contributed by atoms with E-state index in [1.807, 2.05) is 25.2 Å². The Balaban J connectivity index is 2.14. The number of carbonyl (C=O) groups is 1. The fourth-order valence-electron chi connectivity index (χ4n) is 2.43. The zero-order chi connectivity index (χ0) is 15.4. The van der Waals surface area contributed by atoms with Crippen molar-refractivity contribution in [1.82, 2.24) is 14.9 Å². The molecule has 1 heterocycles. The van der Waals surface area contributed by atoms with E-state index in [0.717, 1.165) is 22.4 Å². The van der Waals surface area contributed by atoms with Crippen LogP contribution in [-0.4, -0.2) is 35.7 Å². The number of ether oxygens (including phenoxy) is 1. The smallest absolute Gasteiger partial charge is 0.224 e. The van der Waals surface area contributed by atoms with Gasteiger partial charge in [0.2, 0.25) is 5.91 Å². The van der Waals surface area contributed by atoms with Gasteiger partial charge in [-0.3, -0.25) is 4.79 Å². The van der Waals surface area contributed by atoms with Crippen molar-refractivity contribution < 1.29 is 9.53 Å². The Bertz CT molecular complexity index is 632. The topological polar surface area (TPSA) is 56.1 Å². The quantitative estimate of drug-likeness (QED) is 0.828. The molecule has 1 N–H and O–H groups in total. The number of amides is 1. The summed E-state index contributed by atoms with van der Waals surface area (Å²) < 4.78 is 7.02. The number of aromatic nitrogens is 2. The molecular weight excluding hydrogens is 266 g/mol. The summed E-state index contributed by atoms with van der Waals surface area (Å²) in [5.41, 5.74) is 3.02. The van der Waals surface area contributed by atoms with Gasteiger partial charge in [0, 0.05) is 26.6 Å². The Hall–Kier alpha value is -1.88. The Kier molecular flexibility index (Phi) is 4.96. The first-order valence-corrected chi connectivity index (χ1v) is 7.23. The van der Waals surface area contributed by atoms with Crippen molar-refractivity contribution in [2.24, 2.45) is 7.05 Å². The predicted molar refractivity (Wildman–Crippen MR) is 83.4 cm³/mol. The van der Waals surface area contributed by atoms with E-state index in [4.69, 9.17) is 4.74 Å². The second-order valence-corrected chi connectivity index (χ2v) is 5.53. The molecule has 0 unspecified atom stereocenters. The summed E-state index contributed by atoms with van der Waals surface area (Å²) in [6.45, 7) is 5.33. The van der Waals surface area contributed by atoms with Crippen molar-refractivity contribution in [3.8, 4) is 0 Å². The molecule has 2 aromatic rings. The summed E-state index contributed by atoms with van der Waals surface area (Å²) in [6.07, 6.45) is 0.368. The first-order valence-electron chi connectivity index (χ1n) is 7.23. The van der Waals surface area contributed by atoms with Crippen molar-refractivity contribution in [1.29, 1.82) is 0 Å². The van der Waals surface area contributed by atoms with Crippen LogP contribution in [0.25, 0.3) is 11.0 Å². The van der Waals surface area contributed by atoms with E-state index in [-0.39, 0.29) is 5.91 Å². The van der Waals surface area contributed by atoms with Crippen LogP contribution in [0.3, 0.4) is 0 Å². The SMILES string of the molecule is COCCNC(=O)Cc1ccc2c(c1)nc(C(C)C)n2C. The number of hydrogen-bond donors (Lipinski definition) is 1. The highest BCUT2D eigenvalue weighted by molar-refractivity contribution is 5.82. The van der Waals surface area contributed by atoms with E-state index < -0.39 is 0 Å². The molecule has 1 aromatic heterocycles. The van der Waals surface area contributed by atoms with Gasteiger partial charge in [-0.05, 0) is 17.7 Å². The number of methoxy groups -OCH3 is 1. The second kappa shape index (κ2) is 6.72. The van der Waals surface area contributed by atoms with Gasteiger partial charge >= 0.3 is 0 Å². The van der Waals surface area contributed by atoms with Crippen LogP contribution >= 0.6 is 0 Å². The number of carbonyl (C=O) groups excluding carboxylic acids is 1. The maximum absolute atomic E-state index is 11.8. The van der Waals surface area contributed by atoms with Gasteiger partial charge in [0.05, 0.1) is 24.1 Å². The van der Waals surface area contributed by atoms with Crippen LogP contribution in [0, 0.1) is 0 Å². The fraction of sp³-hybridized carbons (Fsp3) is 0.500. The lowest BCUT2D eigenvalue weighted by Gasteiger charge is -2.05. The molecule has 0 radical (unpaired) electrons. The van der Waals surface area contributed by atoms with Gasteiger partial charge in [0.25, 0.3) is 0 Å². The van der Waals surface area contributed by atoms with Gasteiger partial charge in [0.15, 0.2) is 0 Å². The summed E-state index contributed by atoms with van der Waals surface area (Å²) in [4.78, 5) is 16.5. The van der Waals surface area contributed by atoms with Crippen LogP contribution in [-0.2, 0) is 23.0 Å². The van der Waals surface area contributed by atoms with E-state index in [1.165, 1.54) is 0 Å². The van der Waals surface area contributed by atoms with E-state index in [0.29, 0.717) is 25.5 Å². The molecule has 114 valence electrons. The molecule has 0 bridgehead atoms. The molecule has 0 aliphatic carbocycles. The zero-order valence-electron chi connectivity index (χ0n) is 13.1. The standard InChI is InChI=1S/C16H23N3O2/c1-11(2)16-18-13-9-12(5-6-14(13)19(16)3)10-15(20)17-7-8-21-4/h5-6,9,11H,7-8,10H2,1-4H3,(H,17,20). The largest absolute Gasteiger partial charge is 0.383 e. The number of rotatable bonds is 6. The maximum Gasteiger partial charge on any atom is 0.224 e. The first-order chi connectivity index (χ1) is 10.0. The third-order valence-electron chi connectivity index (χ3n) is 3.49. The Morgan fingerprint density at radius 1 is 1.43 bits per heavy atom. The highest BCUT2D eigenvalue weighted by Crippen LogP contribution is 2.21. The van der Waals surface area contributed by atoms with Gasteiger partial charge < -0.3 is 14.6 Å². The Labute approximate surface area is 125 Å². The Morgan fingerprint density at radius 2 is 2.19 bits per heavy atom. The molecule has 2 rings (SSSR count). The minimum absolute atomic E-state index is 0.00594. The average Bonchev–Trinajstić information content (AvgIpc) is 2.76. The lowest BCUT2D eigenvalue weighted by Crippen LogP contribution is -2.28. The molecule has 0 spiro atoms. The number of fused-ring (bicyclic) bond motifs is 1. The molecule has 0 fully saturated rings. The molecule has 0 saturated heterocycles. The molecule has 1 aromatic carbocycles. The number of nitrogens with one attached hydrogen (secondary N) is 1. The van der Waals surface area contributed by atoms with Crippen LogP contribution in [0.1, 0.15) is 31.2 Å². The van der Waals surface area contributed by atoms with Crippen molar-refractivity contribution in [3.63, 3.8) is 0 Å². The fourth-order valence-corrected chi connectivity index (χ4v) is 2.43. The predicted octanol–water partition coefficient (Wildman–Crippen LogP) is 2.00.